The largest absolute Gasteiger partial charge is 0.497 e. The van der Waals surface area contributed by atoms with Gasteiger partial charge in [0.15, 0.2) is 11.6 Å². The van der Waals surface area contributed by atoms with E-state index in [1.54, 1.807) is 53.4 Å². The number of carbonyl (C=O) groups is 2. The number of anilines is 2. The number of H-pyrrole nitrogens is 1. The van der Waals surface area contributed by atoms with Crippen molar-refractivity contribution >= 4 is 40.2 Å². The first-order valence-corrected chi connectivity index (χ1v) is 12.7. The van der Waals surface area contributed by atoms with E-state index in [2.05, 4.69) is 25.7 Å². The minimum absolute atomic E-state index is 0.0570. The monoisotopic (exact) mass is 552 g/mol. The molecule has 0 saturated carbocycles. The third kappa shape index (κ3) is 4.56. The molecule has 1 aliphatic rings. The number of hydrogen-bond donors (Lipinski definition) is 3. The average Bonchev–Trinajstić information content (AvgIpc) is 3.55. The molecule has 0 spiro atoms. The van der Waals surface area contributed by atoms with Crippen LogP contribution >= 0.6 is 0 Å². The summed E-state index contributed by atoms with van der Waals surface area (Å²) in [5, 5.41) is 10.4. The molecule has 41 heavy (non-hydrogen) atoms. The summed E-state index contributed by atoms with van der Waals surface area (Å²) in [6.45, 7) is 3.79. The van der Waals surface area contributed by atoms with Crippen molar-refractivity contribution in [1.29, 1.82) is 0 Å². The van der Waals surface area contributed by atoms with E-state index in [1.807, 2.05) is 20.9 Å². The van der Waals surface area contributed by atoms with Crippen LogP contribution in [-0.2, 0) is 7.05 Å². The molecule has 1 aliphatic heterocycles. The van der Waals surface area contributed by atoms with Gasteiger partial charge < -0.3 is 25.1 Å². The van der Waals surface area contributed by atoms with Crippen LogP contribution in [-0.4, -0.2) is 38.7 Å². The number of fused-ring (bicyclic) bond motifs is 2. The smallest absolute Gasteiger partial charge is 0.323 e. The van der Waals surface area contributed by atoms with Crippen molar-refractivity contribution in [2.75, 3.05) is 17.7 Å². The highest BCUT2D eigenvalue weighted by atomic mass is 19.1. The van der Waals surface area contributed by atoms with Crippen LogP contribution in [0.4, 0.5) is 20.6 Å². The molecule has 3 aromatic heterocycles. The van der Waals surface area contributed by atoms with E-state index in [-0.39, 0.29) is 22.6 Å². The number of aromatic amines is 1. The maximum Gasteiger partial charge on any atom is 0.323 e. The van der Waals surface area contributed by atoms with Crippen molar-refractivity contribution in [3.8, 4) is 22.8 Å². The Hall–Kier alpha value is -5.45. The van der Waals surface area contributed by atoms with Gasteiger partial charge in [-0.3, -0.25) is 14.5 Å². The number of carbonyl (C=O) groups excluding carboxylic acids is 2. The SMILES string of the molecule is COc1cc(F)c2[nH]c(-c3c(C)nn(C)c3C)c(/C=C3/Oc4ccc(NC(=O)Nc5cccnc5)cc4C3=O)c2c1. The molecular weight excluding hydrogens is 527 g/mol. The average molecular weight is 553 g/mol. The van der Waals surface area contributed by atoms with E-state index in [0.29, 0.717) is 39.5 Å². The van der Waals surface area contributed by atoms with Gasteiger partial charge in [0.05, 0.1) is 41.5 Å². The van der Waals surface area contributed by atoms with Gasteiger partial charge in [-0.15, -0.1) is 0 Å². The summed E-state index contributed by atoms with van der Waals surface area (Å²) in [5.41, 5.74) is 5.05. The number of aromatic nitrogens is 4. The third-order valence-corrected chi connectivity index (χ3v) is 6.99. The normalized spacial score (nSPS) is 13.4. The van der Waals surface area contributed by atoms with Gasteiger partial charge in [-0.1, -0.05) is 0 Å². The summed E-state index contributed by atoms with van der Waals surface area (Å²) in [4.78, 5) is 33.1. The first-order valence-electron chi connectivity index (χ1n) is 12.7. The quantitative estimate of drug-likeness (QED) is 0.230. The van der Waals surface area contributed by atoms with E-state index in [0.717, 1.165) is 17.0 Å². The standard InChI is InChI=1S/C30H25FN6O4/c1-15-26(16(2)37(3)36-15)28-21(20-11-19(40-4)12-23(31)27(20)35-28)13-25-29(38)22-10-17(7-8-24(22)41-25)33-30(39)34-18-6-5-9-32-14-18/h5-14,35H,1-4H3,(H2,33,34,39)/b25-13+. The number of urea groups is 1. The van der Waals surface area contributed by atoms with Crippen LogP contribution < -0.4 is 20.1 Å². The molecule has 0 bridgehead atoms. The summed E-state index contributed by atoms with van der Waals surface area (Å²) < 4.78 is 28.2. The molecule has 206 valence electrons. The number of halogens is 1. The highest BCUT2D eigenvalue weighted by Crippen LogP contribution is 2.40. The Kier molecular flexibility index (Phi) is 6.26. The van der Waals surface area contributed by atoms with Crippen LogP contribution in [0.25, 0.3) is 28.2 Å². The minimum Gasteiger partial charge on any atom is -0.497 e. The molecule has 0 atom stereocenters. The number of pyridine rings is 1. The first-order chi connectivity index (χ1) is 19.7. The highest BCUT2D eigenvalue weighted by Gasteiger charge is 2.30. The second-order valence-corrected chi connectivity index (χ2v) is 9.59. The Morgan fingerprint density at radius 3 is 2.66 bits per heavy atom. The van der Waals surface area contributed by atoms with Crippen LogP contribution in [0.15, 0.2) is 60.6 Å². The van der Waals surface area contributed by atoms with E-state index in [4.69, 9.17) is 9.47 Å². The second kappa shape index (κ2) is 9.94. The van der Waals surface area contributed by atoms with Gasteiger partial charge in [0, 0.05) is 47.2 Å². The van der Waals surface area contributed by atoms with Crippen molar-refractivity contribution < 1.29 is 23.5 Å². The van der Waals surface area contributed by atoms with Gasteiger partial charge in [-0.05, 0) is 56.3 Å². The number of benzene rings is 2. The number of Topliss-reactive ketones (excluding diaryl/α,β-unsaturated/α-hetero) is 1. The number of rotatable bonds is 5. The van der Waals surface area contributed by atoms with Crippen LogP contribution in [0.3, 0.4) is 0 Å². The Balaban J connectivity index is 1.39. The van der Waals surface area contributed by atoms with E-state index in [9.17, 15) is 9.59 Å². The first kappa shape index (κ1) is 25.8. The van der Waals surface area contributed by atoms with Crippen LogP contribution in [0.1, 0.15) is 27.3 Å². The summed E-state index contributed by atoms with van der Waals surface area (Å²) in [7, 11) is 3.30. The predicted molar refractivity (Wildman–Crippen MR) is 153 cm³/mol. The molecule has 0 unspecified atom stereocenters. The summed E-state index contributed by atoms with van der Waals surface area (Å²) in [6, 6.07) is 10.7. The number of methoxy groups -OCH3 is 1. The topological polar surface area (TPSA) is 123 Å². The lowest BCUT2D eigenvalue weighted by Crippen LogP contribution is -2.19. The zero-order valence-corrected chi connectivity index (χ0v) is 22.6. The Labute approximate surface area is 233 Å². The van der Waals surface area contributed by atoms with Gasteiger partial charge in [-0.25, -0.2) is 9.18 Å². The summed E-state index contributed by atoms with van der Waals surface area (Å²) >= 11 is 0. The molecule has 0 saturated heterocycles. The van der Waals surface area contributed by atoms with Crippen LogP contribution in [0, 0.1) is 19.7 Å². The number of nitrogens with one attached hydrogen (secondary N) is 3. The molecule has 10 nitrogen and oxygen atoms in total. The second-order valence-electron chi connectivity index (χ2n) is 9.59. The molecular formula is C30H25FN6O4. The lowest BCUT2D eigenvalue weighted by atomic mass is 10.0. The van der Waals surface area contributed by atoms with Gasteiger partial charge in [0.1, 0.15) is 11.5 Å². The lowest BCUT2D eigenvalue weighted by molar-refractivity contribution is 0.101. The van der Waals surface area contributed by atoms with E-state index < -0.39 is 11.8 Å². The van der Waals surface area contributed by atoms with Gasteiger partial charge >= 0.3 is 6.03 Å². The molecule has 5 aromatic rings. The molecule has 0 aliphatic carbocycles. The fourth-order valence-corrected chi connectivity index (χ4v) is 4.98. The van der Waals surface area contributed by atoms with Crippen LogP contribution in [0.2, 0.25) is 0 Å². The molecule has 2 amide bonds. The number of amides is 2. The summed E-state index contributed by atoms with van der Waals surface area (Å²) in [5.74, 6) is -0.131. The summed E-state index contributed by atoms with van der Waals surface area (Å²) in [6.07, 6.45) is 4.72. The maximum atomic E-state index is 15.1. The highest BCUT2D eigenvalue weighted by molar-refractivity contribution is 6.16. The Morgan fingerprint density at radius 2 is 1.95 bits per heavy atom. The van der Waals surface area contributed by atoms with E-state index in [1.165, 1.54) is 19.4 Å². The molecule has 0 radical (unpaired) electrons. The fraction of sp³-hybridized carbons (Fsp3) is 0.133. The van der Waals surface area contributed by atoms with Gasteiger partial charge in [0.2, 0.25) is 5.78 Å². The van der Waals surface area contributed by atoms with Crippen LogP contribution in [0.5, 0.6) is 11.5 Å². The zero-order chi connectivity index (χ0) is 28.8. The van der Waals surface area contributed by atoms with Gasteiger partial charge in [0.25, 0.3) is 0 Å². The van der Waals surface area contributed by atoms with Crippen molar-refractivity contribution in [3.05, 3.63) is 88.9 Å². The predicted octanol–water partition coefficient (Wildman–Crippen LogP) is 5.99. The van der Waals surface area contributed by atoms with Gasteiger partial charge in [-0.2, -0.15) is 5.10 Å². The molecule has 3 N–H and O–H groups in total. The molecule has 11 heteroatoms. The lowest BCUT2D eigenvalue weighted by Gasteiger charge is -2.07. The fourth-order valence-electron chi connectivity index (χ4n) is 4.98. The number of aryl methyl sites for hydroxylation is 2. The molecule has 6 rings (SSSR count). The number of ether oxygens (including phenoxy) is 2. The number of allylic oxidation sites excluding steroid dienone is 1. The van der Waals surface area contributed by atoms with E-state index >= 15 is 4.39 Å². The molecule has 2 aromatic carbocycles. The van der Waals surface area contributed by atoms with Crippen molar-refractivity contribution in [3.63, 3.8) is 0 Å². The maximum absolute atomic E-state index is 15.1. The molecule has 4 heterocycles. The third-order valence-electron chi connectivity index (χ3n) is 6.99. The number of hydrogen-bond acceptors (Lipinski definition) is 6. The van der Waals surface area contributed by atoms with Crippen molar-refractivity contribution in [2.24, 2.45) is 7.05 Å². The Bertz CT molecular complexity index is 1890. The minimum atomic E-state index is -0.494. The molecule has 0 fully saturated rings. The Morgan fingerprint density at radius 1 is 1.15 bits per heavy atom. The van der Waals surface area contributed by atoms with Crippen molar-refractivity contribution in [2.45, 2.75) is 13.8 Å². The number of nitrogens with zero attached hydrogens (tertiary/aromatic N) is 3. The number of ketones is 1. The zero-order valence-electron chi connectivity index (χ0n) is 22.6. The van der Waals surface area contributed by atoms with Crippen molar-refractivity contribution in [1.82, 2.24) is 19.7 Å².